The first-order chi connectivity index (χ1) is 11.1. The third kappa shape index (κ3) is 5.84. The Morgan fingerprint density at radius 3 is 2.61 bits per heavy atom. The highest BCUT2D eigenvalue weighted by Gasteiger charge is 2.12. The van der Waals surface area contributed by atoms with Gasteiger partial charge in [-0.05, 0) is 36.2 Å². The van der Waals surface area contributed by atoms with Gasteiger partial charge in [-0.2, -0.15) is 0 Å². The lowest BCUT2D eigenvalue weighted by Crippen LogP contribution is -2.23. The molecule has 0 saturated carbocycles. The van der Waals surface area contributed by atoms with Crippen molar-refractivity contribution in [3.63, 3.8) is 0 Å². The molecule has 1 aromatic carbocycles. The van der Waals surface area contributed by atoms with Crippen LogP contribution in [0.4, 0.5) is 0 Å². The van der Waals surface area contributed by atoms with E-state index in [0.29, 0.717) is 23.1 Å². The maximum atomic E-state index is 12.2. The Balaban J connectivity index is 1.87. The van der Waals surface area contributed by atoms with Gasteiger partial charge in [0.05, 0.1) is 5.75 Å². The van der Waals surface area contributed by atoms with Crippen LogP contribution in [-0.2, 0) is 22.3 Å². The first-order valence-electron chi connectivity index (χ1n) is 7.55. The summed E-state index contributed by atoms with van der Waals surface area (Å²) in [5.41, 5.74) is 0.955. The second-order valence-electron chi connectivity index (χ2n) is 5.23. The second-order valence-corrected chi connectivity index (χ2v) is 7.12. The average Bonchev–Trinajstić information content (AvgIpc) is 2.98. The van der Waals surface area contributed by atoms with Gasteiger partial charge in [0.2, 0.25) is 0 Å². The summed E-state index contributed by atoms with van der Waals surface area (Å²) in [5.74, 6) is 1.30. The van der Waals surface area contributed by atoms with Crippen molar-refractivity contribution in [2.45, 2.75) is 31.3 Å². The molecule has 0 aliphatic carbocycles. The molecule has 4 nitrogen and oxygen atoms in total. The molecule has 0 aliphatic rings. The molecule has 1 heterocycles. The zero-order valence-corrected chi connectivity index (χ0v) is 14.6. The Morgan fingerprint density at radius 1 is 1.17 bits per heavy atom. The van der Waals surface area contributed by atoms with Crippen molar-refractivity contribution in [3.8, 4) is 0 Å². The van der Waals surface area contributed by atoms with Gasteiger partial charge in [0, 0.05) is 28.1 Å². The van der Waals surface area contributed by atoms with Crippen LogP contribution in [0.15, 0.2) is 40.8 Å². The van der Waals surface area contributed by atoms with Gasteiger partial charge in [0.1, 0.15) is 5.76 Å². The zero-order valence-electron chi connectivity index (χ0n) is 13.0. The standard InChI is InChI=1S/C17H20ClNO3S/c1-2-3-10-19-17(20)16-9-8-15(22-16)12-23(21)11-13-4-6-14(18)7-5-13/h4-9H,2-3,10-12H2,1H3,(H,19,20)/t23-/m1/s1. The fourth-order valence-electron chi connectivity index (χ4n) is 2.02. The van der Waals surface area contributed by atoms with Crippen molar-refractivity contribution in [2.24, 2.45) is 0 Å². The van der Waals surface area contributed by atoms with Gasteiger partial charge in [-0.3, -0.25) is 9.00 Å². The quantitative estimate of drug-likeness (QED) is 0.732. The molecule has 6 heteroatoms. The molecule has 124 valence electrons. The van der Waals surface area contributed by atoms with Crippen molar-refractivity contribution in [1.82, 2.24) is 5.32 Å². The van der Waals surface area contributed by atoms with E-state index in [4.69, 9.17) is 16.0 Å². The number of rotatable bonds is 8. The molecule has 0 bridgehead atoms. The molecule has 0 spiro atoms. The molecule has 0 saturated heterocycles. The Morgan fingerprint density at radius 2 is 1.91 bits per heavy atom. The van der Waals surface area contributed by atoms with Gasteiger partial charge in [-0.1, -0.05) is 37.1 Å². The largest absolute Gasteiger partial charge is 0.455 e. The van der Waals surface area contributed by atoms with Gasteiger partial charge >= 0.3 is 0 Å². The van der Waals surface area contributed by atoms with Gasteiger partial charge < -0.3 is 9.73 Å². The van der Waals surface area contributed by atoms with Crippen LogP contribution in [0, 0.1) is 0 Å². The summed E-state index contributed by atoms with van der Waals surface area (Å²) < 4.78 is 17.7. The van der Waals surface area contributed by atoms with E-state index in [-0.39, 0.29) is 17.4 Å². The summed E-state index contributed by atoms with van der Waals surface area (Å²) in [5, 5.41) is 3.45. The van der Waals surface area contributed by atoms with Crippen molar-refractivity contribution < 1.29 is 13.4 Å². The number of nitrogens with one attached hydrogen (secondary N) is 1. The summed E-state index contributed by atoms with van der Waals surface area (Å²) in [6.45, 7) is 2.70. The first-order valence-corrected chi connectivity index (χ1v) is 9.41. The van der Waals surface area contributed by atoms with Gasteiger partial charge in [-0.25, -0.2) is 0 Å². The number of furan rings is 1. The van der Waals surface area contributed by atoms with Crippen LogP contribution in [0.1, 0.15) is 41.6 Å². The Hall–Kier alpha value is -1.59. The number of carbonyl (C=O) groups excluding carboxylic acids is 1. The summed E-state index contributed by atoms with van der Waals surface area (Å²) in [6, 6.07) is 10.6. The number of halogens is 1. The van der Waals surface area contributed by atoms with Crippen LogP contribution >= 0.6 is 11.6 Å². The number of hydrogen-bond acceptors (Lipinski definition) is 3. The van der Waals surface area contributed by atoms with E-state index in [2.05, 4.69) is 12.2 Å². The summed E-state index contributed by atoms with van der Waals surface area (Å²) in [6.07, 6.45) is 1.96. The normalized spacial score (nSPS) is 12.1. The van der Waals surface area contributed by atoms with Crippen LogP contribution in [0.3, 0.4) is 0 Å². The predicted molar refractivity (Wildman–Crippen MR) is 93.0 cm³/mol. The van der Waals surface area contributed by atoms with Crippen LogP contribution in [0.5, 0.6) is 0 Å². The topological polar surface area (TPSA) is 59.3 Å². The lowest BCUT2D eigenvalue weighted by Gasteiger charge is -2.02. The van der Waals surface area contributed by atoms with E-state index in [9.17, 15) is 9.00 Å². The molecule has 0 aliphatic heterocycles. The van der Waals surface area contributed by atoms with Gasteiger partial charge in [0.15, 0.2) is 5.76 Å². The van der Waals surface area contributed by atoms with Crippen molar-refractivity contribution in [2.75, 3.05) is 6.54 Å². The average molecular weight is 354 g/mol. The molecular weight excluding hydrogens is 334 g/mol. The molecule has 0 unspecified atom stereocenters. The van der Waals surface area contributed by atoms with E-state index in [0.717, 1.165) is 18.4 Å². The number of hydrogen-bond donors (Lipinski definition) is 1. The van der Waals surface area contributed by atoms with Crippen LogP contribution in [0.2, 0.25) is 5.02 Å². The van der Waals surface area contributed by atoms with Crippen LogP contribution in [0.25, 0.3) is 0 Å². The van der Waals surface area contributed by atoms with Crippen molar-refractivity contribution in [1.29, 1.82) is 0 Å². The summed E-state index contributed by atoms with van der Waals surface area (Å²) in [4.78, 5) is 11.8. The van der Waals surface area contributed by atoms with Crippen molar-refractivity contribution in [3.05, 3.63) is 58.5 Å². The highest BCUT2D eigenvalue weighted by molar-refractivity contribution is 7.83. The maximum Gasteiger partial charge on any atom is 0.286 e. The number of unbranched alkanes of at least 4 members (excludes halogenated alkanes) is 1. The molecule has 2 rings (SSSR count). The van der Waals surface area contributed by atoms with Gasteiger partial charge in [-0.15, -0.1) is 0 Å². The molecule has 1 atom stereocenters. The lowest BCUT2D eigenvalue weighted by atomic mass is 10.2. The van der Waals surface area contributed by atoms with E-state index in [1.54, 1.807) is 24.3 Å². The molecule has 0 fully saturated rings. The number of amides is 1. The van der Waals surface area contributed by atoms with Gasteiger partial charge in [0.25, 0.3) is 5.91 Å². The van der Waals surface area contributed by atoms with E-state index in [1.165, 1.54) is 0 Å². The minimum atomic E-state index is -1.10. The first kappa shape index (κ1) is 17.8. The van der Waals surface area contributed by atoms with Crippen molar-refractivity contribution >= 4 is 28.3 Å². The Labute approximate surface area is 143 Å². The predicted octanol–water partition coefficient (Wildman–Crippen LogP) is 3.91. The smallest absolute Gasteiger partial charge is 0.286 e. The fraction of sp³-hybridized carbons (Fsp3) is 0.353. The highest BCUT2D eigenvalue weighted by Crippen LogP contribution is 2.15. The Kier molecular flexibility index (Phi) is 6.86. The number of carbonyl (C=O) groups is 1. The molecular formula is C17H20ClNO3S. The molecule has 1 amide bonds. The highest BCUT2D eigenvalue weighted by atomic mass is 35.5. The molecule has 1 aromatic heterocycles. The fourth-order valence-corrected chi connectivity index (χ4v) is 3.28. The molecule has 0 radical (unpaired) electrons. The van der Waals surface area contributed by atoms with Crippen LogP contribution < -0.4 is 5.32 Å². The SMILES string of the molecule is CCCCNC(=O)c1ccc(C[S@](=O)Cc2ccc(Cl)cc2)o1. The second kappa shape index (κ2) is 8.89. The zero-order chi connectivity index (χ0) is 16.7. The Bertz CT molecular complexity index is 667. The minimum absolute atomic E-state index is 0.229. The summed E-state index contributed by atoms with van der Waals surface area (Å²) >= 11 is 5.83. The third-order valence-electron chi connectivity index (χ3n) is 3.25. The monoisotopic (exact) mass is 353 g/mol. The number of benzene rings is 1. The molecule has 2 aromatic rings. The third-order valence-corrected chi connectivity index (χ3v) is 4.76. The molecule has 23 heavy (non-hydrogen) atoms. The van der Waals surface area contributed by atoms with Crippen LogP contribution in [-0.4, -0.2) is 16.7 Å². The van der Waals surface area contributed by atoms with E-state index < -0.39 is 10.8 Å². The maximum absolute atomic E-state index is 12.2. The summed E-state index contributed by atoms with van der Waals surface area (Å²) in [7, 11) is -1.10. The lowest BCUT2D eigenvalue weighted by molar-refractivity contribution is 0.0924. The molecule has 1 N–H and O–H groups in total. The van der Waals surface area contributed by atoms with E-state index >= 15 is 0 Å². The minimum Gasteiger partial charge on any atom is -0.455 e. The van der Waals surface area contributed by atoms with E-state index in [1.807, 2.05) is 12.1 Å².